The Hall–Kier alpha value is -5.65. The molecule has 0 bridgehead atoms. The third-order valence-electron chi connectivity index (χ3n) is 6.77. The molecule has 0 saturated carbocycles. The molecule has 4 amide bonds. The minimum atomic E-state index is -1.11. The number of carbonyl (C=O) groups excluding carboxylic acids is 3. The molecule has 4 aromatic rings. The molecule has 0 aliphatic carbocycles. The first kappa shape index (κ1) is 31.3. The lowest BCUT2D eigenvalue weighted by molar-refractivity contribution is -0.137. The van der Waals surface area contributed by atoms with E-state index < -0.39 is 17.9 Å². The van der Waals surface area contributed by atoms with E-state index in [1.54, 1.807) is 56.4 Å². The van der Waals surface area contributed by atoms with Crippen LogP contribution in [0.4, 0.5) is 21.9 Å². The number of aliphatic carboxylic acids is 1. The zero-order chi connectivity index (χ0) is 31.8. The Labute approximate surface area is 254 Å². The number of hydrogen-bond donors (Lipinski definition) is 4. The number of amides is 4. The molecular formula is C32H33N5O7. The van der Waals surface area contributed by atoms with Crippen LogP contribution in [0.1, 0.15) is 45.4 Å². The van der Waals surface area contributed by atoms with Crippen LogP contribution in [-0.2, 0) is 16.0 Å². The van der Waals surface area contributed by atoms with E-state index in [1.165, 1.54) is 18.1 Å². The van der Waals surface area contributed by atoms with Crippen LogP contribution in [-0.4, -0.2) is 48.2 Å². The second kappa shape index (κ2) is 14.0. The molecule has 0 saturated heterocycles. The largest absolute Gasteiger partial charge is 0.495 e. The van der Waals surface area contributed by atoms with Crippen LogP contribution < -0.4 is 25.6 Å². The molecule has 12 nitrogen and oxygen atoms in total. The first-order chi connectivity index (χ1) is 21.0. The SMILES string of the molecule is COc1cc(CC(=O)Nc2cccc(C(CC(=O)O)NC(=O)c3cc(C)on3)c2)ccc1NC(=O)N(C)c1ccccc1C. The lowest BCUT2D eigenvalue weighted by Crippen LogP contribution is -2.31. The summed E-state index contributed by atoms with van der Waals surface area (Å²) in [5.41, 5.74) is 3.74. The molecule has 228 valence electrons. The number of benzene rings is 3. The summed E-state index contributed by atoms with van der Waals surface area (Å²) in [6, 6.07) is 19.4. The lowest BCUT2D eigenvalue weighted by Gasteiger charge is -2.21. The maximum atomic E-state index is 12.9. The monoisotopic (exact) mass is 599 g/mol. The van der Waals surface area contributed by atoms with Crippen LogP contribution in [0.3, 0.4) is 0 Å². The van der Waals surface area contributed by atoms with Crippen molar-refractivity contribution < 1.29 is 33.5 Å². The van der Waals surface area contributed by atoms with Crippen molar-refractivity contribution in [3.63, 3.8) is 0 Å². The molecule has 4 rings (SSSR count). The Bertz CT molecular complexity index is 1680. The lowest BCUT2D eigenvalue weighted by atomic mass is 10.0. The number of methoxy groups -OCH3 is 1. The zero-order valence-corrected chi connectivity index (χ0v) is 24.7. The topological polar surface area (TPSA) is 163 Å². The highest BCUT2D eigenvalue weighted by atomic mass is 16.5. The number of nitrogens with one attached hydrogen (secondary N) is 3. The van der Waals surface area contributed by atoms with Gasteiger partial charge in [0.1, 0.15) is 11.5 Å². The molecule has 0 spiro atoms. The number of para-hydroxylation sites is 1. The van der Waals surface area contributed by atoms with Crippen molar-refractivity contribution >= 4 is 40.9 Å². The fourth-order valence-corrected chi connectivity index (χ4v) is 4.55. The van der Waals surface area contributed by atoms with E-state index in [0.717, 1.165) is 11.3 Å². The van der Waals surface area contributed by atoms with E-state index in [0.29, 0.717) is 34.0 Å². The Kier molecular flexibility index (Phi) is 9.96. The molecule has 0 radical (unpaired) electrons. The third kappa shape index (κ3) is 8.00. The number of carbonyl (C=O) groups is 4. The molecule has 4 N–H and O–H groups in total. The standard InChI is InChI=1S/C32H33N5O7/c1-19-8-5-6-11-27(19)37(3)32(42)35-24-13-12-21(15-28(24)43-4)16-29(38)33-23-10-7-9-22(17-23)25(18-30(39)40)34-31(41)26-14-20(2)44-36-26/h5-15,17,25H,16,18H2,1-4H3,(H,33,38)(H,34,41)(H,35,42)(H,39,40). The van der Waals surface area contributed by atoms with E-state index in [2.05, 4.69) is 21.1 Å². The van der Waals surface area contributed by atoms with Crippen molar-refractivity contribution in [2.24, 2.45) is 0 Å². The minimum Gasteiger partial charge on any atom is -0.495 e. The van der Waals surface area contributed by atoms with E-state index in [1.807, 2.05) is 31.2 Å². The molecule has 44 heavy (non-hydrogen) atoms. The number of urea groups is 1. The van der Waals surface area contributed by atoms with Gasteiger partial charge < -0.3 is 30.3 Å². The molecule has 1 unspecified atom stereocenters. The van der Waals surface area contributed by atoms with E-state index in [-0.39, 0.29) is 30.5 Å². The van der Waals surface area contributed by atoms with Crippen molar-refractivity contribution in [1.29, 1.82) is 0 Å². The molecule has 3 aromatic carbocycles. The van der Waals surface area contributed by atoms with Crippen LogP contribution in [0.15, 0.2) is 77.3 Å². The summed E-state index contributed by atoms with van der Waals surface area (Å²) in [7, 11) is 3.15. The highest BCUT2D eigenvalue weighted by Crippen LogP contribution is 2.28. The van der Waals surface area contributed by atoms with E-state index in [4.69, 9.17) is 9.26 Å². The van der Waals surface area contributed by atoms with E-state index in [9.17, 15) is 24.3 Å². The maximum Gasteiger partial charge on any atom is 0.326 e. The van der Waals surface area contributed by atoms with Gasteiger partial charge in [-0.05, 0) is 60.9 Å². The minimum absolute atomic E-state index is 0.00126. The number of aromatic nitrogens is 1. The number of hydrogen-bond acceptors (Lipinski definition) is 7. The fourth-order valence-electron chi connectivity index (χ4n) is 4.55. The van der Waals surface area contributed by atoms with Gasteiger partial charge in [-0.15, -0.1) is 0 Å². The summed E-state index contributed by atoms with van der Waals surface area (Å²) in [5, 5.41) is 21.4. The summed E-state index contributed by atoms with van der Waals surface area (Å²) < 4.78 is 10.4. The van der Waals surface area contributed by atoms with Crippen LogP contribution >= 0.6 is 0 Å². The smallest absolute Gasteiger partial charge is 0.326 e. The van der Waals surface area contributed by atoms with Gasteiger partial charge in [-0.3, -0.25) is 19.3 Å². The maximum absolute atomic E-state index is 12.9. The Morgan fingerprint density at radius 1 is 0.977 bits per heavy atom. The fraction of sp³-hybridized carbons (Fsp3) is 0.219. The summed E-state index contributed by atoms with van der Waals surface area (Å²) in [4.78, 5) is 51.5. The highest BCUT2D eigenvalue weighted by Gasteiger charge is 2.22. The van der Waals surface area contributed by atoms with Gasteiger partial charge in [-0.2, -0.15) is 0 Å². The van der Waals surface area contributed by atoms with Crippen molar-refractivity contribution in [1.82, 2.24) is 10.5 Å². The molecule has 1 aromatic heterocycles. The Balaban J connectivity index is 1.42. The highest BCUT2D eigenvalue weighted by molar-refractivity contribution is 6.02. The summed E-state index contributed by atoms with van der Waals surface area (Å²) >= 11 is 0. The van der Waals surface area contributed by atoms with Gasteiger partial charge in [0.2, 0.25) is 5.91 Å². The van der Waals surface area contributed by atoms with Gasteiger partial charge in [0, 0.05) is 24.5 Å². The quantitative estimate of drug-likeness (QED) is 0.185. The predicted molar refractivity (Wildman–Crippen MR) is 164 cm³/mol. The number of nitrogens with zero attached hydrogens (tertiary/aromatic N) is 2. The van der Waals surface area contributed by atoms with Gasteiger partial charge in [0.05, 0.1) is 31.7 Å². The molecule has 0 fully saturated rings. The van der Waals surface area contributed by atoms with Gasteiger partial charge in [-0.1, -0.05) is 41.6 Å². The van der Waals surface area contributed by atoms with Gasteiger partial charge in [0.15, 0.2) is 5.69 Å². The molecule has 12 heteroatoms. The van der Waals surface area contributed by atoms with Crippen LogP contribution in [0.5, 0.6) is 5.75 Å². The molecule has 1 heterocycles. The summed E-state index contributed by atoms with van der Waals surface area (Å²) in [6.45, 7) is 3.56. The first-order valence-electron chi connectivity index (χ1n) is 13.7. The third-order valence-corrected chi connectivity index (χ3v) is 6.77. The van der Waals surface area contributed by atoms with Crippen molar-refractivity contribution in [2.75, 3.05) is 29.7 Å². The summed E-state index contributed by atoms with van der Waals surface area (Å²) in [6.07, 6.45) is -0.387. The van der Waals surface area contributed by atoms with Crippen molar-refractivity contribution in [2.45, 2.75) is 32.7 Å². The number of anilines is 3. The van der Waals surface area contributed by atoms with Gasteiger partial charge >= 0.3 is 12.0 Å². The number of carboxylic acid groups (broad SMARTS) is 1. The van der Waals surface area contributed by atoms with Gasteiger partial charge in [-0.25, -0.2) is 4.79 Å². The van der Waals surface area contributed by atoms with Crippen LogP contribution in [0.2, 0.25) is 0 Å². The zero-order valence-electron chi connectivity index (χ0n) is 24.7. The Morgan fingerprint density at radius 2 is 1.75 bits per heavy atom. The number of rotatable bonds is 11. The Morgan fingerprint density at radius 3 is 2.43 bits per heavy atom. The first-order valence-corrected chi connectivity index (χ1v) is 13.7. The summed E-state index contributed by atoms with van der Waals surface area (Å²) in [5.74, 6) is -1.21. The number of carboxylic acids is 1. The average molecular weight is 600 g/mol. The molecular weight excluding hydrogens is 566 g/mol. The van der Waals surface area contributed by atoms with Crippen LogP contribution in [0.25, 0.3) is 0 Å². The molecule has 0 aliphatic heterocycles. The molecule has 1 atom stereocenters. The van der Waals surface area contributed by atoms with Crippen molar-refractivity contribution in [3.8, 4) is 5.75 Å². The van der Waals surface area contributed by atoms with Gasteiger partial charge in [0.25, 0.3) is 5.91 Å². The molecule has 0 aliphatic rings. The van der Waals surface area contributed by atoms with Crippen molar-refractivity contribution in [3.05, 3.63) is 101 Å². The number of ether oxygens (including phenoxy) is 1. The van der Waals surface area contributed by atoms with Crippen LogP contribution in [0, 0.1) is 13.8 Å². The predicted octanol–water partition coefficient (Wildman–Crippen LogP) is 5.10. The normalized spacial score (nSPS) is 11.3. The second-order valence-corrected chi connectivity index (χ2v) is 10.1. The van der Waals surface area contributed by atoms with E-state index >= 15 is 0 Å². The average Bonchev–Trinajstić information content (AvgIpc) is 3.43. The number of aryl methyl sites for hydroxylation is 2. The second-order valence-electron chi connectivity index (χ2n) is 10.1.